The summed E-state index contributed by atoms with van der Waals surface area (Å²) in [4.78, 5) is 8.35. The second kappa shape index (κ2) is 11.6. The van der Waals surface area contributed by atoms with E-state index in [1.807, 2.05) is 6.07 Å². The molecular formula is C28H30ClF2N7O. The smallest absolute Gasteiger partial charge is 0.235 e. The first-order valence-electron chi connectivity index (χ1n) is 12.6. The van der Waals surface area contributed by atoms with Gasteiger partial charge in [0.1, 0.15) is 11.8 Å². The highest BCUT2D eigenvalue weighted by Crippen LogP contribution is 2.36. The number of benzene rings is 1. The minimum atomic E-state index is -0.660. The van der Waals surface area contributed by atoms with Crippen molar-refractivity contribution in [3.63, 3.8) is 0 Å². The summed E-state index contributed by atoms with van der Waals surface area (Å²) in [7, 11) is 0. The van der Waals surface area contributed by atoms with E-state index in [0.29, 0.717) is 51.4 Å². The van der Waals surface area contributed by atoms with E-state index in [9.17, 15) is 9.65 Å². The SMILES string of the molecule is Cc1nc(F)ccc1[C@H](Cc1cc(Cl)c2ncc(C#N)c(NCC(C)(C)C)c2c1)c1nnn(CCCO)c1F. The van der Waals surface area contributed by atoms with Crippen LogP contribution in [0.2, 0.25) is 5.02 Å². The molecule has 0 saturated heterocycles. The van der Waals surface area contributed by atoms with Crippen molar-refractivity contribution >= 4 is 28.2 Å². The van der Waals surface area contributed by atoms with E-state index >= 15 is 4.39 Å². The van der Waals surface area contributed by atoms with Gasteiger partial charge >= 0.3 is 0 Å². The van der Waals surface area contributed by atoms with Crippen molar-refractivity contribution in [2.45, 2.75) is 53.0 Å². The number of hydrogen-bond donors (Lipinski definition) is 2. The van der Waals surface area contributed by atoms with Crippen LogP contribution in [0.5, 0.6) is 0 Å². The molecule has 1 aromatic carbocycles. The molecule has 0 aliphatic carbocycles. The summed E-state index contributed by atoms with van der Waals surface area (Å²) in [5.74, 6) is -1.93. The summed E-state index contributed by atoms with van der Waals surface area (Å²) in [6.45, 7) is 8.56. The van der Waals surface area contributed by atoms with Crippen LogP contribution in [0.15, 0.2) is 30.5 Å². The van der Waals surface area contributed by atoms with Crippen LogP contribution in [0, 0.1) is 35.6 Å². The number of halogens is 3. The van der Waals surface area contributed by atoms with Crippen LogP contribution in [0.3, 0.4) is 0 Å². The Labute approximate surface area is 230 Å². The van der Waals surface area contributed by atoms with Gasteiger partial charge in [0.15, 0.2) is 0 Å². The zero-order valence-corrected chi connectivity index (χ0v) is 23.0. The molecule has 4 aromatic rings. The highest BCUT2D eigenvalue weighted by molar-refractivity contribution is 6.35. The molecule has 0 aliphatic rings. The van der Waals surface area contributed by atoms with Crippen LogP contribution in [0.1, 0.15) is 61.2 Å². The van der Waals surface area contributed by atoms with E-state index in [1.165, 1.54) is 12.3 Å². The second-order valence-electron chi connectivity index (χ2n) is 10.7. The standard InChI is InChI=1S/C28H30ClF2N7O/c1-16-19(6-7-23(30)35-16)20(26-27(31)38(37-36-26)8-5-9-39)10-17-11-21-24(34-15-28(2,3)4)18(13-32)14-33-25(21)22(29)12-17/h6-7,11-12,14,20,39H,5,8-10,15H2,1-4H3,(H,33,34)/t20-/m0/s1. The van der Waals surface area contributed by atoms with Crippen molar-refractivity contribution in [3.05, 3.63) is 75.5 Å². The number of aryl methyl sites for hydroxylation is 2. The maximum absolute atomic E-state index is 15.5. The Hall–Kier alpha value is -3.68. The number of anilines is 1. The Bertz CT molecular complexity index is 1540. The fourth-order valence-electron chi connectivity index (χ4n) is 4.45. The molecule has 8 nitrogen and oxygen atoms in total. The number of nitriles is 1. The molecule has 0 aliphatic heterocycles. The molecule has 3 aromatic heterocycles. The van der Waals surface area contributed by atoms with E-state index in [0.717, 1.165) is 10.2 Å². The van der Waals surface area contributed by atoms with Crippen LogP contribution in [0.4, 0.5) is 14.5 Å². The summed E-state index contributed by atoms with van der Waals surface area (Å²) in [5, 5.41) is 31.4. The Morgan fingerprint density at radius 2 is 2.00 bits per heavy atom. The third-order valence-electron chi connectivity index (χ3n) is 6.37. The summed E-state index contributed by atoms with van der Waals surface area (Å²) in [6, 6.07) is 8.63. The molecule has 4 rings (SSSR count). The molecule has 2 N–H and O–H groups in total. The van der Waals surface area contributed by atoms with Gasteiger partial charge in [0, 0.05) is 42.9 Å². The van der Waals surface area contributed by atoms with E-state index in [1.54, 1.807) is 19.1 Å². The van der Waals surface area contributed by atoms with Gasteiger partial charge in [-0.2, -0.15) is 14.0 Å². The zero-order chi connectivity index (χ0) is 28.3. The Balaban J connectivity index is 1.84. The summed E-state index contributed by atoms with van der Waals surface area (Å²) in [6.07, 6.45) is 2.06. The van der Waals surface area contributed by atoms with Gasteiger partial charge in [-0.15, -0.1) is 5.10 Å². The van der Waals surface area contributed by atoms with Gasteiger partial charge in [-0.25, -0.2) is 9.67 Å². The minimum absolute atomic E-state index is 0.0543. The normalized spacial score (nSPS) is 12.5. The van der Waals surface area contributed by atoms with Crippen molar-refractivity contribution in [3.8, 4) is 6.07 Å². The van der Waals surface area contributed by atoms with Gasteiger partial charge < -0.3 is 10.4 Å². The predicted molar refractivity (Wildman–Crippen MR) is 146 cm³/mol. The lowest BCUT2D eigenvalue weighted by molar-refractivity contribution is 0.271. The first-order valence-corrected chi connectivity index (χ1v) is 13.0. The Kier molecular flexibility index (Phi) is 8.42. The third-order valence-corrected chi connectivity index (χ3v) is 6.65. The average molecular weight is 554 g/mol. The molecule has 1 atom stereocenters. The molecule has 0 saturated carbocycles. The summed E-state index contributed by atoms with van der Waals surface area (Å²) >= 11 is 6.67. The van der Waals surface area contributed by atoms with Gasteiger partial charge in [-0.1, -0.05) is 43.7 Å². The number of nitrogens with one attached hydrogen (secondary N) is 1. The van der Waals surface area contributed by atoms with Crippen LogP contribution in [0.25, 0.3) is 10.9 Å². The van der Waals surface area contributed by atoms with E-state index in [-0.39, 0.29) is 30.7 Å². The number of nitrogens with zero attached hydrogens (tertiary/aromatic N) is 6. The second-order valence-corrected chi connectivity index (χ2v) is 11.1. The summed E-state index contributed by atoms with van der Waals surface area (Å²) < 4.78 is 30.5. The highest BCUT2D eigenvalue weighted by Gasteiger charge is 2.27. The predicted octanol–water partition coefficient (Wildman–Crippen LogP) is 5.55. The molecular weight excluding hydrogens is 524 g/mol. The molecule has 39 heavy (non-hydrogen) atoms. The lowest BCUT2D eigenvalue weighted by Gasteiger charge is -2.22. The lowest BCUT2D eigenvalue weighted by atomic mass is 9.88. The molecule has 0 spiro atoms. The maximum atomic E-state index is 15.5. The van der Waals surface area contributed by atoms with Crippen molar-refractivity contribution < 1.29 is 13.9 Å². The Morgan fingerprint density at radius 3 is 2.67 bits per heavy atom. The first-order chi connectivity index (χ1) is 18.5. The van der Waals surface area contributed by atoms with Crippen LogP contribution < -0.4 is 5.32 Å². The van der Waals surface area contributed by atoms with Gasteiger partial charge in [-0.3, -0.25) is 4.98 Å². The molecule has 0 unspecified atom stereocenters. The quantitative estimate of drug-likeness (QED) is 0.261. The van der Waals surface area contributed by atoms with Crippen molar-refractivity contribution in [1.82, 2.24) is 25.0 Å². The molecule has 204 valence electrons. The molecule has 0 radical (unpaired) electrons. The summed E-state index contributed by atoms with van der Waals surface area (Å²) in [5.41, 5.74) is 3.30. The number of aliphatic hydroxyl groups excluding tert-OH is 1. The van der Waals surface area contributed by atoms with Crippen molar-refractivity contribution in [1.29, 1.82) is 5.26 Å². The minimum Gasteiger partial charge on any atom is -0.396 e. The monoisotopic (exact) mass is 553 g/mol. The van der Waals surface area contributed by atoms with Crippen LogP contribution in [-0.4, -0.2) is 43.2 Å². The number of fused-ring (bicyclic) bond motifs is 1. The van der Waals surface area contributed by atoms with E-state index in [2.05, 4.69) is 52.4 Å². The van der Waals surface area contributed by atoms with E-state index < -0.39 is 17.8 Å². The van der Waals surface area contributed by atoms with Gasteiger partial charge in [0.25, 0.3) is 0 Å². The lowest BCUT2D eigenvalue weighted by Crippen LogP contribution is -2.19. The van der Waals surface area contributed by atoms with E-state index in [4.69, 9.17) is 16.7 Å². The van der Waals surface area contributed by atoms with Gasteiger partial charge in [-0.05, 0) is 54.5 Å². The van der Waals surface area contributed by atoms with Crippen LogP contribution >= 0.6 is 11.6 Å². The number of aromatic nitrogens is 5. The highest BCUT2D eigenvalue weighted by atomic mass is 35.5. The largest absolute Gasteiger partial charge is 0.396 e. The number of hydrogen-bond acceptors (Lipinski definition) is 7. The topological polar surface area (TPSA) is 113 Å². The van der Waals surface area contributed by atoms with Gasteiger partial charge in [0.2, 0.25) is 11.9 Å². The Morgan fingerprint density at radius 1 is 1.23 bits per heavy atom. The molecule has 0 amide bonds. The van der Waals surface area contributed by atoms with Crippen molar-refractivity contribution in [2.24, 2.45) is 5.41 Å². The average Bonchev–Trinajstić information content (AvgIpc) is 3.24. The number of aliphatic hydroxyl groups is 1. The number of pyridine rings is 2. The maximum Gasteiger partial charge on any atom is 0.235 e. The van der Waals surface area contributed by atoms with Crippen LogP contribution in [-0.2, 0) is 13.0 Å². The number of rotatable bonds is 9. The molecule has 0 bridgehead atoms. The molecule has 3 heterocycles. The zero-order valence-electron chi connectivity index (χ0n) is 22.3. The first kappa shape index (κ1) is 28.3. The fourth-order valence-corrected chi connectivity index (χ4v) is 4.74. The van der Waals surface area contributed by atoms with Gasteiger partial charge in [0.05, 0.1) is 21.8 Å². The fraction of sp³-hybridized carbons (Fsp3) is 0.393. The molecule has 0 fully saturated rings. The molecule has 11 heteroatoms. The third kappa shape index (κ3) is 6.32. The van der Waals surface area contributed by atoms with Crippen molar-refractivity contribution in [2.75, 3.05) is 18.5 Å².